The Bertz CT molecular complexity index is 799. The molecular formula is C22H30N4O2. The number of nitrogens with zero attached hydrogens (tertiary/aromatic N) is 2. The van der Waals surface area contributed by atoms with E-state index < -0.39 is 0 Å². The highest BCUT2D eigenvalue weighted by Crippen LogP contribution is 2.23. The van der Waals surface area contributed by atoms with Gasteiger partial charge in [-0.3, -0.25) is 9.78 Å². The molecule has 0 saturated carbocycles. The molecule has 1 saturated heterocycles. The molecule has 1 fully saturated rings. The number of anilines is 3. The molecule has 1 aliphatic rings. The first kappa shape index (κ1) is 20.1. The molecule has 1 aromatic carbocycles. The Morgan fingerprint density at radius 1 is 1.25 bits per heavy atom. The summed E-state index contributed by atoms with van der Waals surface area (Å²) in [6.07, 6.45) is 4.09. The number of nitrogens with one attached hydrogen (secondary N) is 2. The van der Waals surface area contributed by atoms with Gasteiger partial charge < -0.3 is 20.3 Å². The Balaban J connectivity index is 1.64. The van der Waals surface area contributed by atoms with Crippen LogP contribution in [0, 0.1) is 6.92 Å². The molecule has 0 aliphatic carbocycles. The third kappa shape index (κ3) is 5.01. The van der Waals surface area contributed by atoms with E-state index in [1.807, 2.05) is 25.1 Å². The third-order valence-electron chi connectivity index (χ3n) is 5.14. The number of amides is 1. The van der Waals surface area contributed by atoms with Crippen LogP contribution in [0.5, 0.6) is 0 Å². The predicted octanol–water partition coefficient (Wildman–Crippen LogP) is 4.08. The second-order valence-electron chi connectivity index (χ2n) is 7.07. The zero-order valence-corrected chi connectivity index (χ0v) is 17.0. The van der Waals surface area contributed by atoms with E-state index in [1.54, 1.807) is 12.3 Å². The molecule has 3 rings (SSSR count). The van der Waals surface area contributed by atoms with E-state index in [2.05, 4.69) is 40.4 Å². The first-order valence-electron chi connectivity index (χ1n) is 10.1. The number of pyridine rings is 1. The van der Waals surface area contributed by atoms with Crippen LogP contribution in [0.25, 0.3) is 0 Å². The summed E-state index contributed by atoms with van der Waals surface area (Å²) in [5.41, 5.74) is 4.28. The maximum absolute atomic E-state index is 12.7. The fraction of sp³-hybridized carbons (Fsp3) is 0.455. The lowest BCUT2D eigenvalue weighted by atomic mass is 10.1. The fourth-order valence-corrected chi connectivity index (χ4v) is 3.46. The van der Waals surface area contributed by atoms with Crippen LogP contribution in [0.2, 0.25) is 0 Å². The number of benzene rings is 1. The number of aromatic nitrogens is 1. The Labute approximate surface area is 167 Å². The lowest BCUT2D eigenvalue weighted by Crippen LogP contribution is -2.22. The van der Waals surface area contributed by atoms with Crippen molar-refractivity contribution in [2.45, 2.75) is 39.7 Å². The van der Waals surface area contributed by atoms with Gasteiger partial charge >= 0.3 is 0 Å². The summed E-state index contributed by atoms with van der Waals surface area (Å²) < 4.78 is 5.63. The van der Waals surface area contributed by atoms with E-state index in [9.17, 15) is 4.79 Å². The smallest absolute Gasteiger partial charge is 0.274 e. The molecule has 2 heterocycles. The molecule has 6 heteroatoms. The average molecular weight is 383 g/mol. The van der Waals surface area contributed by atoms with Crippen LogP contribution in [0.15, 0.2) is 36.5 Å². The van der Waals surface area contributed by atoms with Crippen LogP contribution in [-0.4, -0.2) is 43.2 Å². The summed E-state index contributed by atoms with van der Waals surface area (Å²) >= 11 is 0. The standard InChI is InChI=1S/C22H30N4O2/c1-4-26(5-2)18-8-9-20(16(3)13-18)25-22(27)21-14-17(10-11-23-21)24-15-19-7-6-12-28-19/h8-11,13-14,19H,4-7,12,15H2,1-3H3,(H,23,24)(H,25,27). The van der Waals surface area contributed by atoms with Crippen molar-refractivity contribution in [2.24, 2.45) is 0 Å². The number of carbonyl (C=O) groups is 1. The molecule has 1 amide bonds. The normalized spacial score (nSPS) is 16.0. The van der Waals surface area contributed by atoms with E-state index in [4.69, 9.17) is 4.74 Å². The largest absolute Gasteiger partial charge is 0.382 e. The maximum atomic E-state index is 12.7. The van der Waals surface area contributed by atoms with Gasteiger partial charge in [0.15, 0.2) is 0 Å². The van der Waals surface area contributed by atoms with Gasteiger partial charge in [0.1, 0.15) is 5.69 Å². The number of hydrogen-bond acceptors (Lipinski definition) is 5. The minimum Gasteiger partial charge on any atom is -0.382 e. The number of hydrogen-bond donors (Lipinski definition) is 2. The molecule has 150 valence electrons. The Hall–Kier alpha value is -2.60. The molecule has 2 aromatic rings. The van der Waals surface area contributed by atoms with Gasteiger partial charge in [0, 0.05) is 49.5 Å². The third-order valence-corrected chi connectivity index (χ3v) is 5.14. The molecule has 6 nitrogen and oxygen atoms in total. The van der Waals surface area contributed by atoms with Crippen molar-refractivity contribution in [1.82, 2.24) is 4.98 Å². The zero-order chi connectivity index (χ0) is 19.9. The van der Waals surface area contributed by atoms with Crippen LogP contribution in [0.3, 0.4) is 0 Å². The second kappa shape index (κ2) is 9.55. The van der Waals surface area contributed by atoms with Crippen molar-refractivity contribution < 1.29 is 9.53 Å². The first-order chi connectivity index (χ1) is 13.6. The van der Waals surface area contributed by atoms with Crippen molar-refractivity contribution in [3.05, 3.63) is 47.8 Å². The van der Waals surface area contributed by atoms with Gasteiger partial charge in [-0.05, 0) is 69.5 Å². The molecule has 2 N–H and O–H groups in total. The minimum absolute atomic E-state index is 0.209. The monoisotopic (exact) mass is 382 g/mol. The van der Waals surface area contributed by atoms with Gasteiger partial charge in [-0.25, -0.2) is 0 Å². The highest BCUT2D eigenvalue weighted by Gasteiger charge is 2.16. The second-order valence-corrected chi connectivity index (χ2v) is 7.07. The molecule has 28 heavy (non-hydrogen) atoms. The van der Waals surface area contributed by atoms with Gasteiger partial charge in [0.25, 0.3) is 5.91 Å². The molecule has 1 atom stereocenters. The van der Waals surface area contributed by atoms with Crippen LogP contribution >= 0.6 is 0 Å². The van der Waals surface area contributed by atoms with Crippen LogP contribution < -0.4 is 15.5 Å². The molecule has 1 unspecified atom stereocenters. The summed E-state index contributed by atoms with van der Waals surface area (Å²) in [5, 5.41) is 6.32. The SMILES string of the molecule is CCN(CC)c1ccc(NC(=O)c2cc(NCC3CCCO3)ccn2)c(C)c1. The lowest BCUT2D eigenvalue weighted by Gasteiger charge is -2.22. The van der Waals surface area contributed by atoms with Crippen LogP contribution in [0.4, 0.5) is 17.1 Å². The van der Waals surface area contributed by atoms with Crippen molar-refractivity contribution >= 4 is 23.0 Å². The van der Waals surface area contributed by atoms with E-state index in [-0.39, 0.29) is 12.0 Å². The van der Waals surface area contributed by atoms with Gasteiger partial charge in [0.05, 0.1) is 6.10 Å². The first-order valence-corrected chi connectivity index (χ1v) is 10.1. The van der Waals surface area contributed by atoms with Crippen molar-refractivity contribution in [3.8, 4) is 0 Å². The van der Waals surface area contributed by atoms with Gasteiger partial charge in [-0.2, -0.15) is 0 Å². The minimum atomic E-state index is -0.209. The number of rotatable bonds is 8. The number of ether oxygens (including phenoxy) is 1. The van der Waals surface area contributed by atoms with Crippen molar-refractivity contribution in [3.63, 3.8) is 0 Å². The van der Waals surface area contributed by atoms with Crippen LogP contribution in [0.1, 0.15) is 42.7 Å². The summed E-state index contributed by atoms with van der Waals surface area (Å²) in [7, 11) is 0. The van der Waals surface area contributed by atoms with Gasteiger partial charge in [0.2, 0.25) is 0 Å². The Kier molecular flexibility index (Phi) is 6.87. The topological polar surface area (TPSA) is 66.5 Å². The molecule has 1 aliphatic heterocycles. The molecule has 0 radical (unpaired) electrons. The summed E-state index contributed by atoms with van der Waals surface area (Å²) in [6, 6.07) is 9.76. The van der Waals surface area contributed by atoms with E-state index >= 15 is 0 Å². The zero-order valence-electron chi connectivity index (χ0n) is 17.0. The van der Waals surface area contributed by atoms with Crippen molar-refractivity contribution in [1.29, 1.82) is 0 Å². The average Bonchev–Trinajstić information content (AvgIpc) is 3.23. The van der Waals surface area contributed by atoms with Crippen molar-refractivity contribution in [2.75, 3.05) is 41.8 Å². The fourth-order valence-electron chi connectivity index (χ4n) is 3.46. The van der Waals surface area contributed by atoms with E-state index in [0.717, 1.165) is 56.0 Å². The van der Waals surface area contributed by atoms with Gasteiger partial charge in [-0.1, -0.05) is 0 Å². The van der Waals surface area contributed by atoms with Gasteiger partial charge in [-0.15, -0.1) is 0 Å². The van der Waals surface area contributed by atoms with E-state index in [0.29, 0.717) is 5.69 Å². The molecule has 1 aromatic heterocycles. The Morgan fingerprint density at radius 3 is 2.75 bits per heavy atom. The summed E-state index contributed by atoms with van der Waals surface area (Å²) in [5.74, 6) is -0.209. The predicted molar refractivity (Wildman–Crippen MR) is 114 cm³/mol. The molecule has 0 spiro atoms. The quantitative estimate of drug-likeness (QED) is 0.720. The maximum Gasteiger partial charge on any atom is 0.274 e. The number of carbonyl (C=O) groups excluding carboxylic acids is 1. The summed E-state index contributed by atoms with van der Waals surface area (Å²) in [6.45, 7) is 9.78. The molecular weight excluding hydrogens is 352 g/mol. The highest BCUT2D eigenvalue weighted by atomic mass is 16.5. The highest BCUT2D eigenvalue weighted by molar-refractivity contribution is 6.03. The lowest BCUT2D eigenvalue weighted by molar-refractivity contribution is 0.102. The Morgan fingerprint density at radius 2 is 2.07 bits per heavy atom. The van der Waals surface area contributed by atoms with E-state index in [1.165, 1.54) is 5.69 Å². The number of aryl methyl sites for hydroxylation is 1. The van der Waals surface area contributed by atoms with Crippen LogP contribution in [-0.2, 0) is 4.74 Å². The molecule has 0 bridgehead atoms. The summed E-state index contributed by atoms with van der Waals surface area (Å²) in [4.78, 5) is 19.2.